The smallest absolute Gasteiger partial charge is 0.419 e. The van der Waals surface area contributed by atoms with Gasteiger partial charge < -0.3 is 20.5 Å². The highest BCUT2D eigenvalue weighted by molar-refractivity contribution is 5.88. The lowest BCUT2D eigenvalue weighted by Crippen LogP contribution is -2.51. The number of amides is 2. The monoisotopic (exact) mass is 498 g/mol. The lowest BCUT2D eigenvalue weighted by molar-refractivity contribution is -0.182. The largest absolute Gasteiger partial charge is 0.479 e. The van der Waals surface area contributed by atoms with Crippen LogP contribution in [0.4, 0.5) is 26.7 Å². The van der Waals surface area contributed by atoms with Crippen LogP contribution in [0.25, 0.3) is 11.1 Å². The van der Waals surface area contributed by atoms with E-state index in [1.165, 1.54) is 0 Å². The molecule has 0 aromatic heterocycles. The summed E-state index contributed by atoms with van der Waals surface area (Å²) in [5, 5.41) is 11.8. The molecule has 1 fully saturated rings. The van der Waals surface area contributed by atoms with Crippen LogP contribution in [0, 0.1) is 11.8 Å². The van der Waals surface area contributed by atoms with Crippen molar-refractivity contribution in [2.45, 2.75) is 24.1 Å². The topological polar surface area (TPSA) is 105 Å². The van der Waals surface area contributed by atoms with Crippen molar-refractivity contribution in [1.29, 1.82) is 0 Å². The number of benzene rings is 2. The third-order valence-electron chi connectivity index (χ3n) is 6.16. The maximum atomic E-state index is 14.0. The summed E-state index contributed by atoms with van der Waals surface area (Å²) < 4.78 is 71.3. The molecule has 0 saturated heterocycles. The predicted molar refractivity (Wildman–Crippen MR) is 111 cm³/mol. The first kappa shape index (κ1) is 24.4. The van der Waals surface area contributed by atoms with Gasteiger partial charge in [0, 0.05) is 12.5 Å². The van der Waals surface area contributed by atoms with Crippen LogP contribution in [-0.4, -0.2) is 54.4 Å². The molecule has 0 aliphatic heterocycles. The van der Waals surface area contributed by atoms with Gasteiger partial charge in [-0.25, -0.2) is 18.4 Å². The van der Waals surface area contributed by atoms with Gasteiger partial charge in [0.05, 0.1) is 5.92 Å². The van der Waals surface area contributed by atoms with Crippen molar-refractivity contribution in [3.8, 4) is 11.1 Å². The average Bonchev–Trinajstić information content (AvgIpc) is 3.20. The average molecular weight is 498 g/mol. The van der Waals surface area contributed by atoms with Crippen molar-refractivity contribution in [3.05, 3.63) is 59.7 Å². The van der Waals surface area contributed by atoms with Crippen LogP contribution in [0.3, 0.4) is 0 Å². The maximum Gasteiger partial charge on any atom is 0.419 e. The molecule has 1 saturated carbocycles. The van der Waals surface area contributed by atoms with E-state index in [1.807, 2.05) is 48.5 Å². The molecule has 3 unspecified atom stereocenters. The molecular formula is C23H19F5N2O5. The lowest BCUT2D eigenvalue weighted by Gasteiger charge is -2.17. The molecular weight excluding hydrogens is 479 g/mol. The summed E-state index contributed by atoms with van der Waals surface area (Å²) >= 11 is 0. The minimum atomic E-state index is -5.36. The molecule has 35 heavy (non-hydrogen) atoms. The molecule has 2 aromatic rings. The number of aliphatic carboxylic acids is 1. The van der Waals surface area contributed by atoms with Gasteiger partial charge in [0.1, 0.15) is 12.5 Å². The highest BCUT2D eigenvalue weighted by Gasteiger charge is 2.72. The van der Waals surface area contributed by atoms with Crippen LogP contribution in [0.5, 0.6) is 0 Å². The van der Waals surface area contributed by atoms with Gasteiger partial charge in [0.25, 0.3) is 5.92 Å². The fourth-order valence-corrected chi connectivity index (χ4v) is 4.36. The normalized spacial score (nSPS) is 20.8. The van der Waals surface area contributed by atoms with E-state index in [4.69, 9.17) is 9.84 Å². The van der Waals surface area contributed by atoms with Crippen LogP contribution in [0.1, 0.15) is 17.0 Å². The predicted octanol–water partition coefficient (Wildman–Crippen LogP) is 3.54. The van der Waals surface area contributed by atoms with Gasteiger partial charge >= 0.3 is 18.2 Å². The number of hydrogen-bond donors (Lipinski definition) is 3. The van der Waals surface area contributed by atoms with E-state index in [0.717, 1.165) is 27.6 Å². The Morgan fingerprint density at radius 3 is 2.06 bits per heavy atom. The number of fused-ring (bicyclic) bond motifs is 3. The molecule has 2 aliphatic rings. The molecule has 186 valence electrons. The first-order valence-corrected chi connectivity index (χ1v) is 10.5. The summed E-state index contributed by atoms with van der Waals surface area (Å²) in [6, 6.07) is 11.8. The summed E-state index contributed by atoms with van der Waals surface area (Å²) in [4.78, 5) is 34.7. The van der Waals surface area contributed by atoms with Crippen LogP contribution in [-0.2, 0) is 14.3 Å². The molecule has 3 N–H and O–H groups in total. The second kappa shape index (κ2) is 8.82. The van der Waals surface area contributed by atoms with Crippen molar-refractivity contribution < 1.29 is 46.2 Å². The van der Waals surface area contributed by atoms with Gasteiger partial charge in [-0.1, -0.05) is 48.5 Å². The van der Waals surface area contributed by atoms with Crippen molar-refractivity contribution in [2.75, 3.05) is 13.2 Å². The van der Waals surface area contributed by atoms with E-state index >= 15 is 0 Å². The second-order valence-corrected chi connectivity index (χ2v) is 8.29. The molecule has 12 heteroatoms. The Kier molecular flexibility index (Phi) is 6.16. The Morgan fingerprint density at radius 2 is 1.54 bits per heavy atom. The number of nitrogens with one attached hydrogen (secondary N) is 2. The molecule has 0 radical (unpaired) electrons. The summed E-state index contributed by atoms with van der Waals surface area (Å²) in [6.07, 6.45) is -6.40. The molecule has 2 aromatic carbocycles. The number of carbonyl (C=O) groups excluding carboxylic acids is 2. The summed E-state index contributed by atoms with van der Waals surface area (Å²) in [7, 11) is 0. The molecule has 0 heterocycles. The number of hydrogen-bond acceptors (Lipinski definition) is 4. The number of halogens is 5. The zero-order valence-electron chi connectivity index (χ0n) is 17.8. The Bertz CT molecular complexity index is 1120. The summed E-state index contributed by atoms with van der Waals surface area (Å²) in [5.74, 6) is -12.2. The Hall–Kier alpha value is -3.70. The van der Waals surface area contributed by atoms with E-state index in [9.17, 15) is 36.3 Å². The summed E-state index contributed by atoms with van der Waals surface area (Å²) in [5.41, 5.74) is 3.85. The highest BCUT2D eigenvalue weighted by Crippen LogP contribution is 2.55. The van der Waals surface area contributed by atoms with Crippen molar-refractivity contribution in [2.24, 2.45) is 11.8 Å². The van der Waals surface area contributed by atoms with Gasteiger partial charge in [0.2, 0.25) is 11.9 Å². The quantitative estimate of drug-likeness (QED) is 0.507. The molecule has 3 atom stereocenters. The molecule has 0 spiro atoms. The van der Waals surface area contributed by atoms with E-state index in [-0.39, 0.29) is 12.5 Å². The van der Waals surface area contributed by atoms with E-state index < -0.39 is 54.5 Å². The van der Waals surface area contributed by atoms with Crippen LogP contribution >= 0.6 is 0 Å². The second-order valence-electron chi connectivity index (χ2n) is 8.29. The van der Waals surface area contributed by atoms with Crippen LogP contribution < -0.4 is 10.6 Å². The number of ether oxygens (including phenoxy) is 1. The molecule has 4 rings (SSSR count). The molecule has 2 aliphatic carbocycles. The number of carboxylic acids is 1. The zero-order chi connectivity index (χ0) is 25.5. The first-order valence-electron chi connectivity index (χ1n) is 10.5. The van der Waals surface area contributed by atoms with Gasteiger partial charge in [0.15, 0.2) is 0 Å². The standard InChI is InChI=1S/C23H19F5N2O5/c24-22(25)16(17(22)19(31)30-18(20(32)33)23(26,27)28)9-29-21(34)35-10-15-13-7-3-1-5-11(13)12-6-2-4-8-14(12)15/h1-8,15-18H,9-10H2,(H,29,34)(H,30,31)(H,32,33). The lowest BCUT2D eigenvalue weighted by atomic mass is 9.98. The first-order chi connectivity index (χ1) is 16.4. The van der Waals surface area contributed by atoms with Crippen molar-refractivity contribution in [3.63, 3.8) is 0 Å². The fraction of sp³-hybridized carbons (Fsp3) is 0.348. The SMILES string of the molecule is O=C(NCC1C(C(=O)NC(C(=O)O)C(F)(F)F)C1(F)F)OCC1c2ccccc2-c2ccccc21. The molecule has 0 bridgehead atoms. The zero-order valence-corrected chi connectivity index (χ0v) is 17.8. The number of carboxylic acid groups (broad SMARTS) is 1. The third-order valence-corrected chi connectivity index (χ3v) is 6.16. The Labute approximate surface area is 195 Å². The van der Waals surface area contributed by atoms with Crippen molar-refractivity contribution >= 4 is 18.0 Å². The van der Waals surface area contributed by atoms with Gasteiger partial charge in [-0.15, -0.1) is 0 Å². The number of alkyl halides is 5. The Morgan fingerprint density at radius 1 is 1.00 bits per heavy atom. The van der Waals surface area contributed by atoms with Crippen LogP contribution in [0.15, 0.2) is 48.5 Å². The van der Waals surface area contributed by atoms with E-state index in [2.05, 4.69) is 5.32 Å². The molecule has 2 amide bonds. The fourth-order valence-electron chi connectivity index (χ4n) is 4.36. The van der Waals surface area contributed by atoms with Gasteiger partial charge in [-0.2, -0.15) is 13.2 Å². The van der Waals surface area contributed by atoms with Gasteiger partial charge in [-0.05, 0) is 22.3 Å². The number of rotatable bonds is 7. The number of carbonyl (C=O) groups is 3. The minimum absolute atomic E-state index is 0.0866. The summed E-state index contributed by atoms with van der Waals surface area (Å²) in [6.45, 7) is -0.831. The van der Waals surface area contributed by atoms with E-state index in [1.54, 1.807) is 0 Å². The Balaban J connectivity index is 1.32. The highest BCUT2D eigenvalue weighted by atomic mass is 19.4. The maximum absolute atomic E-state index is 14.0. The van der Waals surface area contributed by atoms with Crippen LogP contribution in [0.2, 0.25) is 0 Å². The van der Waals surface area contributed by atoms with Crippen molar-refractivity contribution in [1.82, 2.24) is 10.6 Å². The van der Waals surface area contributed by atoms with Gasteiger partial charge in [-0.3, -0.25) is 4.79 Å². The molecule has 7 nitrogen and oxygen atoms in total. The number of alkyl carbamates (subject to hydrolysis) is 1. The third kappa shape index (κ3) is 4.64. The minimum Gasteiger partial charge on any atom is -0.479 e. The van der Waals surface area contributed by atoms with E-state index in [0.29, 0.717) is 0 Å².